The number of sulfonamides is 1. The number of phenolic OH excluding ortho intramolecular Hbond substituents is 1. The van der Waals surface area contributed by atoms with Crippen molar-refractivity contribution in [2.24, 2.45) is 0 Å². The molecule has 2 aromatic rings. The zero-order chi connectivity index (χ0) is 14.6. The first-order chi connectivity index (χ1) is 9.48. The predicted molar refractivity (Wildman–Crippen MR) is 78.2 cm³/mol. The van der Waals surface area contributed by atoms with Crippen molar-refractivity contribution >= 4 is 15.7 Å². The van der Waals surface area contributed by atoms with Crippen LogP contribution in [0.2, 0.25) is 0 Å². The summed E-state index contributed by atoms with van der Waals surface area (Å²) in [4.78, 5) is 4.09. The van der Waals surface area contributed by atoms with E-state index >= 15 is 0 Å². The molecule has 2 rings (SSSR count). The highest BCUT2D eigenvalue weighted by atomic mass is 32.2. The summed E-state index contributed by atoms with van der Waals surface area (Å²) in [5.74, 6) is 0.00831. The molecule has 0 aliphatic heterocycles. The molecular formula is C14H16N2O3S. The van der Waals surface area contributed by atoms with E-state index in [0.717, 1.165) is 5.69 Å². The molecule has 2 N–H and O–H groups in total. The van der Waals surface area contributed by atoms with Crippen LogP contribution in [0.3, 0.4) is 0 Å². The molecule has 0 saturated carbocycles. The first kappa shape index (κ1) is 14.3. The van der Waals surface area contributed by atoms with Crippen LogP contribution in [0.15, 0.2) is 42.6 Å². The molecule has 1 heterocycles. The van der Waals surface area contributed by atoms with Gasteiger partial charge in [-0.2, -0.15) is 0 Å². The molecule has 0 unspecified atom stereocenters. The van der Waals surface area contributed by atoms with Crippen molar-refractivity contribution < 1.29 is 13.5 Å². The first-order valence-corrected chi connectivity index (χ1v) is 7.82. The maximum atomic E-state index is 12.0. The molecule has 0 fully saturated rings. The standard InChI is InChI=1S/C14H16N2O3S/c1-11-13(6-4-7-14(11)17)16-20(18,19)10-8-12-5-2-3-9-15-12/h2-7,9,16-17H,8,10H2,1H3. The Morgan fingerprint density at radius 2 is 2.00 bits per heavy atom. The van der Waals surface area contributed by atoms with Gasteiger partial charge in [0.05, 0.1) is 11.4 Å². The number of aromatic nitrogens is 1. The summed E-state index contributed by atoms with van der Waals surface area (Å²) in [5.41, 5.74) is 1.63. The van der Waals surface area contributed by atoms with Crippen LogP contribution < -0.4 is 4.72 Å². The van der Waals surface area contributed by atoms with E-state index in [9.17, 15) is 13.5 Å². The SMILES string of the molecule is Cc1c(O)cccc1NS(=O)(=O)CCc1ccccn1. The topological polar surface area (TPSA) is 79.3 Å². The highest BCUT2D eigenvalue weighted by molar-refractivity contribution is 7.92. The van der Waals surface area contributed by atoms with Crippen molar-refractivity contribution in [1.29, 1.82) is 0 Å². The minimum atomic E-state index is -3.47. The molecule has 0 aliphatic carbocycles. The van der Waals surface area contributed by atoms with E-state index in [-0.39, 0.29) is 11.5 Å². The summed E-state index contributed by atoms with van der Waals surface area (Å²) in [7, 11) is -3.47. The lowest BCUT2D eigenvalue weighted by Gasteiger charge is -2.11. The van der Waals surface area contributed by atoms with Crippen molar-refractivity contribution in [3.05, 3.63) is 53.9 Å². The van der Waals surface area contributed by atoms with Gasteiger partial charge in [-0.15, -0.1) is 0 Å². The molecule has 0 amide bonds. The molecule has 0 saturated heterocycles. The molecule has 1 aromatic heterocycles. The monoisotopic (exact) mass is 292 g/mol. The van der Waals surface area contributed by atoms with Crippen LogP contribution >= 0.6 is 0 Å². The summed E-state index contributed by atoms with van der Waals surface area (Å²) in [6.45, 7) is 1.66. The number of nitrogens with zero attached hydrogens (tertiary/aromatic N) is 1. The van der Waals surface area contributed by atoms with Gasteiger partial charge in [0.1, 0.15) is 5.75 Å². The first-order valence-electron chi connectivity index (χ1n) is 6.17. The van der Waals surface area contributed by atoms with E-state index in [4.69, 9.17) is 0 Å². The quantitative estimate of drug-likeness (QED) is 0.884. The van der Waals surface area contributed by atoms with Gasteiger partial charge in [0, 0.05) is 23.9 Å². The number of anilines is 1. The molecule has 0 bridgehead atoms. The van der Waals surface area contributed by atoms with Gasteiger partial charge < -0.3 is 5.11 Å². The minimum absolute atomic E-state index is 0.0564. The summed E-state index contributed by atoms with van der Waals surface area (Å²) in [6, 6.07) is 10.1. The number of rotatable bonds is 5. The van der Waals surface area contributed by atoms with Gasteiger partial charge in [0.25, 0.3) is 0 Å². The average Bonchev–Trinajstić information content (AvgIpc) is 2.43. The van der Waals surface area contributed by atoms with Gasteiger partial charge in [-0.3, -0.25) is 9.71 Å². The number of aryl methyl sites for hydroxylation is 1. The Kier molecular flexibility index (Phi) is 4.24. The average molecular weight is 292 g/mol. The number of hydrogen-bond acceptors (Lipinski definition) is 4. The Hall–Kier alpha value is -2.08. The fraction of sp³-hybridized carbons (Fsp3) is 0.214. The number of hydrogen-bond donors (Lipinski definition) is 2. The Labute approximate surface area is 118 Å². The van der Waals surface area contributed by atoms with Crippen molar-refractivity contribution in [1.82, 2.24) is 4.98 Å². The molecule has 20 heavy (non-hydrogen) atoms. The molecule has 0 radical (unpaired) electrons. The van der Waals surface area contributed by atoms with Crippen LogP contribution in [-0.4, -0.2) is 24.3 Å². The summed E-state index contributed by atoms with van der Waals surface area (Å²) < 4.78 is 26.5. The molecule has 6 heteroatoms. The van der Waals surface area contributed by atoms with Crippen LogP contribution in [0.4, 0.5) is 5.69 Å². The normalized spacial score (nSPS) is 11.2. The Bertz CT molecular complexity index is 685. The maximum Gasteiger partial charge on any atom is 0.233 e. The van der Waals surface area contributed by atoms with Crippen LogP contribution in [-0.2, 0) is 16.4 Å². The van der Waals surface area contributed by atoms with Crippen LogP contribution in [0.1, 0.15) is 11.3 Å². The smallest absolute Gasteiger partial charge is 0.233 e. The lowest BCUT2D eigenvalue weighted by molar-refractivity contribution is 0.471. The van der Waals surface area contributed by atoms with E-state index < -0.39 is 10.0 Å². The van der Waals surface area contributed by atoms with Crippen LogP contribution in [0.5, 0.6) is 5.75 Å². The van der Waals surface area contributed by atoms with E-state index in [1.807, 2.05) is 6.07 Å². The molecule has 0 atom stereocenters. The molecule has 5 nitrogen and oxygen atoms in total. The van der Waals surface area contributed by atoms with Gasteiger partial charge in [-0.05, 0) is 31.2 Å². The van der Waals surface area contributed by atoms with Crippen LogP contribution in [0.25, 0.3) is 0 Å². The minimum Gasteiger partial charge on any atom is -0.508 e. The number of phenols is 1. The fourth-order valence-electron chi connectivity index (χ4n) is 1.74. The van der Waals surface area contributed by atoms with Crippen molar-refractivity contribution in [2.75, 3.05) is 10.5 Å². The molecule has 1 aromatic carbocycles. The molecule has 0 spiro atoms. The van der Waals surface area contributed by atoms with Crippen molar-refractivity contribution in [3.63, 3.8) is 0 Å². The van der Waals surface area contributed by atoms with Crippen molar-refractivity contribution in [3.8, 4) is 5.75 Å². The van der Waals surface area contributed by atoms with E-state index in [1.165, 1.54) is 6.07 Å². The third kappa shape index (κ3) is 3.71. The Morgan fingerprint density at radius 1 is 1.20 bits per heavy atom. The lowest BCUT2D eigenvalue weighted by atomic mass is 10.2. The Morgan fingerprint density at radius 3 is 2.70 bits per heavy atom. The fourth-order valence-corrected chi connectivity index (χ4v) is 2.87. The second-order valence-corrected chi connectivity index (χ2v) is 6.28. The van der Waals surface area contributed by atoms with E-state index in [1.54, 1.807) is 37.4 Å². The number of nitrogens with one attached hydrogen (secondary N) is 1. The second-order valence-electron chi connectivity index (χ2n) is 4.44. The second kappa shape index (κ2) is 5.92. The maximum absolute atomic E-state index is 12.0. The van der Waals surface area contributed by atoms with E-state index in [0.29, 0.717) is 17.7 Å². The number of aromatic hydroxyl groups is 1. The zero-order valence-electron chi connectivity index (χ0n) is 11.1. The van der Waals surface area contributed by atoms with Crippen molar-refractivity contribution in [2.45, 2.75) is 13.3 Å². The Balaban J connectivity index is 2.06. The lowest BCUT2D eigenvalue weighted by Crippen LogP contribution is -2.19. The third-order valence-corrected chi connectivity index (χ3v) is 4.20. The third-order valence-electron chi connectivity index (χ3n) is 2.92. The van der Waals surface area contributed by atoms with E-state index in [2.05, 4.69) is 9.71 Å². The molecular weight excluding hydrogens is 276 g/mol. The number of benzene rings is 1. The highest BCUT2D eigenvalue weighted by Crippen LogP contribution is 2.24. The molecule has 106 valence electrons. The van der Waals surface area contributed by atoms with Crippen LogP contribution in [0, 0.1) is 6.92 Å². The largest absolute Gasteiger partial charge is 0.508 e. The number of pyridine rings is 1. The van der Waals surface area contributed by atoms with Gasteiger partial charge in [0.2, 0.25) is 10.0 Å². The van der Waals surface area contributed by atoms with Gasteiger partial charge in [-0.1, -0.05) is 12.1 Å². The zero-order valence-corrected chi connectivity index (χ0v) is 11.9. The summed E-state index contributed by atoms with van der Waals surface area (Å²) in [6.07, 6.45) is 1.97. The van der Waals surface area contributed by atoms with Gasteiger partial charge in [-0.25, -0.2) is 8.42 Å². The molecule has 0 aliphatic rings. The highest BCUT2D eigenvalue weighted by Gasteiger charge is 2.13. The predicted octanol–water partition coefficient (Wildman–Crippen LogP) is 2.08. The van der Waals surface area contributed by atoms with Gasteiger partial charge in [0.15, 0.2) is 0 Å². The summed E-state index contributed by atoms with van der Waals surface area (Å²) in [5, 5.41) is 9.56. The van der Waals surface area contributed by atoms with Gasteiger partial charge >= 0.3 is 0 Å². The summed E-state index contributed by atoms with van der Waals surface area (Å²) >= 11 is 0.